The van der Waals surface area contributed by atoms with Crippen molar-refractivity contribution in [3.05, 3.63) is 18.0 Å². The Hall–Kier alpha value is -1.69. The Labute approximate surface area is 137 Å². The summed E-state index contributed by atoms with van der Waals surface area (Å²) in [5.41, 5.74) is 0.890. The highest BCUT2D eigenvalue weighted by atomic mass is 16.5. The number of rotatable bonds is 5. The molecule has 1 atom stereocenters. The van der Waals surface area contributed by atoms with Gasteiger partial charge in [0, 0.05) is 45.7 Å². The van der Waals surface area contributed by atoms with Crippen LogP contribution in [0.3, 0.4) is 0 Å². The Kier molecular flexibility index (Phi) is 4.80. The standard InChI is InChI=1S/C17H26N4O2/c1-3-14-11-18-16(19-12-14)21-8-6-17(13-21)5-4-7-20(15(17)22)9-10-23-2/h11-12H,3-10,13H2,1-2H3/t17-/m0/s1. The monoisotopic (exact) mass is 318 g/mol. The maximum Gasteiger partial charge on any atom is 0.230 e. The first-order valence-corrected chi connectivity index (χ1v) is 8.53. The highest BCUT2D eigenvalue weighted by Gasteiger charge is 2.48. The van der Waals surface area contributed by atoms with Crippen molar-refractivity contribution in [2.75, 3.05) is 44.8 Å². The predicted molar refractivity (Wildman–Crippen MR) is 88.4 cm³/mol. The van der Waals surface area contributed by atoms with Gasteiger partial charge in [0.05, 0.1) is 12.0 Å². The van der Waals surface area contributed by atoms with Gasteiger partial charge in [-0.2, -0.15) is 0 Å². The SMILES string of the molecule is CCc1cnc(N2CC[C@@]3(CCCN(CCOC)C3=O)C2)nc1. The number of likely N-dealkylation sites (tertiary alicyclic amines) is 1. The molecule has 1 amide bonds. The number of hydrogen-bond acceptors (Lipinski definition) is 5. The van der Waals surface area contributed by atoms with Gasteiger partial charge in [-0.3, -0.25) is 4.79 Å². The first kappa shape index (κ1) is 16.2. The molecule has 2 fully saturated rings. The lowest BCUT2D eigenvalue weighted by atomic mass is 9.78. The Balaban J connectivity index is 1.70. The van der Waals surface area contributed by atoms with Gasteiger partial charge in [0.15, 0.2) is 0 Å². The van der Waals surface area contributed by atoms with Crippen molar-refractivity contribution in [3.63, 3.8) is 0 Å². The van der Waals surface area contributed by atoms with Gasteiger partial charge in [0.1, 0.15) is 0 Å². The quantitative estimate of drug-likeness (QED) is 0.823. The number of ether oxygens (including phenoxy) is 1. The molecule has 1 aromatic rings. The lowest BCUT2D eigenvalue weighted by molar-refractivity contribution is -0.145. The molecule has 3 heterocycles. The molecule has 0 unspecified atom stereocenters. The minimum Gasteiger partial charge on any atom is -0.383 e. The third-order valence-corrected chi connectivity index (χ3v) is 5.13. The van der Waals surface area contributed by atoms with Crippen molar-refractivity contribution in [2.24, 2.45) is 5.41 Å². The molecule has 6 nitrogen and oxygen atoms in total. The number of aryl methyl sites for hydroxylation is 1. The van der Waals surface area contributed by atoms with E-state index in [0.29, 0.717) is 13.2 Å². The first-order chi connectivity index (χ1) is 11.2. The molecule has 126 valence electrons. The Bertz CT molecular complexity index is 548. The second-order valence-corrected chi connectivity index (χ2v) is 6.59. The Morgan fingerprint density at radius 3 is 2.74 bits per heavy atom. The smallest absolute Gasteiger partial charge is 0.230 e. The number of amides is 1. The Morgan fingerprint density at radius 1 is 1.26 bits per heavy atom. The molecule has 2 saturated heterocycles. The molecule has 0 bridgehead atoms. The van der Waals surface area contributed by atoms with E-state index >= 15 is 0 Å². The third-order valence-electron chi connectivity index (χ3n) is 5.13. The minimum absolute atomic E-state index is 0.251. The number of nitrogens with zero attached hydrogens (tertiary/aromatic N) is 4. The molecule has 0 radical (unpaired) electrons. The molecule has 0 saturated carbocycles. The number of carbonyl (C=O) groups excluding carboxylic acids is 1. The van der Waals surface area contributed by atoms with Gasteiger partial charge in [0.25, 0.3) is 0 Å². The lowest BCUT2D eigenvalue weighted by Gasteiger charge is -2.39. The van der Waals surface area contributed by atoms with Crippen LogP contribution in [0.2, 0.25) is 0 Å². The molecule has 0 aliphatic carbocycles. The average molecular weight is 318 g/mol. The first-order valence-electron chi connectivity index (χ1n) is 8.53. The van der Waals surface area contributed by atoms with Crippen molar-refractivity contribution in [2.45, 2.75) is 32.6 Å². The van der Waals surface area contributed by atoms with Crippen LogP contribution in [0.5, 0.6) is 0 Å². The van der Waals surface area contributed by atoms with Crippen LogP contribution in [0.15, 0.2) is 12.4 Å². The Morgan fingerprint density at radius 2 is 2.04 bits per heavy atom. The van der Waals surface area contributed by atoms with Gasteiger partial charge >= 0.3 is 0 Å². The summed E-state index contributed by atoms with van der Waals surface area (Å²) < 4.78 is 5.13. The molecule has 2 aliphatic rings. The summed E-state index contributed by atoms with van der Waals surface area (Å²) in [5.74, 6) is 1.04. The van der Waals surface area contributed by atoms with Gasteiger partial charge in [-0.25, -0.2) is 9.97 Å². The number of piperidine rings is 1. The van der Waals surface area contributed by atoms with Gasteiger partial charge in [-0.1, -0.05) is 6.92 Å². The maximum atomic E-state index is 12.9. The van der Waals surface area contributed by atoms with Crippen molar-refractivity contribution in [3.8, 4) is 0 Å². The highest BCUT2D eigenvalue weighted by molar-refractivity contribution is 5.85. The number of aromatic nitrogens is 2. The van der Waals surface area contributed by atoms with Crippen molar-refractivity contribution < 1.29 is 9.53 Å². The van der Waals surface area contributed by atoms with Crippen LogP contribution >= 0.6 is 0 Å². The van der Waals surface area contributed by atoms with Gasteiger partial charge in [0.2, 0.25) is 11.9 Å². The number of hydrogen-bond donors (Lipinski definition) is 0. The van der Waals surface area contributed by atoms with Crippen molar-refractivity contribution in [1.29, 1.82) is 0 Å². The van der Waals surface area contributed by atoms with E-state index in [4.69, 9.17) is 4.74 Å². The lowest BCUT2D eigenvalue weighted by Crippen LogP contribution is -2.51. The van der Waals surface area contributed by atoms with E-state index in [1.807, 2.05) is 17.3 Å². The van der Waals surface area contributed by atoms with E-state index in [2.05, 4.69) is 21.8 Å². The van der Waals surface area contributed by atoms with Crippen molar-refractivity contribution in [1.82, 2.24) is 14.9 Å². The molecule has 1 aromatic heterocycles. The third kappa shape index (κ3) is 3.17. The molecule has 23 heavy (non-hydrogen) atoms. The molecule has 1 spiro atoms. The summed E-state index contributed by atoms with van der Waals surface area (Å²) >= 11 is 0. The molecule has 0 N–H and O–H groups in total. The second kappa shape index (κ2) is 6.83. The van der Waals surface area contributed by atoms with Crippen LogP contribution in [-0.4, -0.2) is 60.7 Å². The fourth-order valence-electron chi connectivity index (χ4n) is 3.68. The van der Waals surface area contributed by atoms with Crippen LogP contribution in [0.25, 0.3) is 0 Å². The van der Waals surface area contributed by atoms with Crippen LogP contribution < -0.4 is 4.90 Å². The zero-order chi connectivity index (χ0) is 16.3. The summed E-state index contributed by atoms with van der Waals surface area (Å²) in [5, 5.41) is 0. The zero-order valence-electron chi connectivity index (χ0n) is 14.1. The molecule has 3 rings (SSSR count). The minimum atomic E-state index is -0.251. The predicted octanol–water partition coefficient (Wildman–Crippen LogP) is 1.50. The van der Waals surface area contributed by atoms with Crippen LogP contribution in [-0.2, 0) is 16.0 Å². The fraction of sp³-hybridized carbons (Fsp3) is 0.706. The highest BCUT2D eigenvalue weighted by Crippen LogP contribution is 2.40. The summed E-state index contributed by atoms with van der Waals surface area (Å²) in [6.45, 7) is 5.84. The molecule has 2 aliphatic heterocycles. The molecule has 6 heteroatoms. The fourth-order valence-corrected chi connectivity index (χ4v) is 3.68. The van der Waals surface area contributed by atoms with Gasteiger partial charge < -0.3 is 14.5 Å². The molecule has 0 aromatic carbocycles. The average Bonchev–Trinajstić information content (AvgIpc) is 3.01. The summed E-state index contributed by atoms with van der Waals surface area (Å²) in [6, 6.07) is 0. The maximum absolute atomic E-state index is 12.9. The second-order valence-electron chi connectivity index (χ2n) is 6.59. The van der Waals surface area contributed by atoms with E-state index < -0.39 is 0 Å². The topological polar surface area (TPSA) is 58.6 Å². The van der Waals surface area contributed by atoms with E-state index in [9.17, 15) is 4.79 Å². The summed E-state index contributed by atoms with van der Waals surface area (Å²) in [6.07, 6.45) is 7.66. The number of anilines is 1. The van der Waals surface area contributed by atoms with Gasteiger partial charge in [-0.05, 0) is 31.2 Å². The summed E-state index contributed by atoms with van der Waals surface area (Å²) in [4.78, 5) is 26.0. The van der Waals surface area contributed by atoms with Crippen LogP contribution in [0, 0.1) is 5.41 Å². The molecular weight excluding hydrogens is 292 g/mol. The van der Waals surface area contributed by atoms with Gasteiger partial charge in [-0.15, -0.1) is 0 Å². The normalized spacial score (nSPS) is 24.7. The summed E-state index contributed by atoms with van der Waals surface area (Å²) in [7, 11) is 1.68. The van der Waals surface area contributed by atoms with E-state index in [1.54, 1.807) is 7.11 Å². The van der Waals surface area contributed by atoms with Crippen molar-refractivity contribution >= 4 is 11.9 Å². The van der Waals surface area contributed by atoms with E-state index in [-0.39, 0.29) is 11.3 Å². The van der Waals surface area contributed by atoms with Crippen LogP contribution in [0.4, 0.5) is 5.95 Å². The zero-order valence-corrected chi connectivity index (χ0v) is 14.1. The number of methoxy groups -OCH3 is 1. The van der Waals surface area contributed by atoms with Crippen LogP contribution in [0.1, 0.15) is 31.7 Å². The van der Waals surface area contributed by atoms with E-state index in [1.165, 1.54) is 0 Å². The number of carbonyl (C=O) groups is 1. The molecular formula is C17H26N4O2. The van der Waals surface area contributed by atoms with E-state index in [0.717, 1.165) is 56.8 Å². The largest absolute Gasteiger partial charge is 0.383 e.